The molecule has 13 nitrogen and oxygen atoms in total. The standard InChI is InChI=1S/C50H52N8O5/c1-5-40(59)53-42(28-10-7-6-8-11-28)49(61)58-34-18-13-33(26-34)45(58)47-52-38-22-17-32-25-30(15-20-36(32)44(38)55-47)29-14-19-35-31(24-29)16-21-37-43(35)54-46(51-37)39-12-9-23-57(39)48(60)41(27(2)3)56-50(62)63-4/h6-8,10-11,14-17,19-22,24-25,27,33-34,39,41-42,45H,5,9,12-13,18,23,26H2,1-4H3,(H,51,54)(H,52,55)(H,53,59)(H,56,62)/t33-,34+,39-,41?,42+,45-/m0/s1. The minimum Gasteiger partial charge on any atom is -0.453 e. The van der Waals surface area contributed by atoms with Gasteiger partial charge in [0, 0.05) is 29.8 Å². The number of rotatable bonds is 10. The number of carbonyl (C=O) groups is 4. The summed E-state index contributed by atoms with van der Waals surface area (Å²) in [6.45, 7) is 6.22. The fourth-order valence-electron chi connectivity index (χ4n) is 10.5. The summed E-state index contributed by atoms with van der Waals surface area (Å²) in [5, 5.41) is 9.91. The van der Waals surface area contributed by atoms with Gasteiger partial charge in [-0.15, -0.1) is 0 Å². The Morgan fingerprint density at radius 2 is 1.43 bits per heavy atom. The first-order valence-electron chi connectivity index (χ1n) is 22.3. The maximum absolute atomic E-state index is 14.5. The van der Waals surface area contributed by atoms with Crippen molar-refractivity contribution in [2.24, 2.45) is 11.8 Å². The third-order valence-corrected chi connectivity index (χ3v) is 13.7. The third-order valence-electron chi connectivity index (χ3n) is 13.7. The molecule has 2 saturated heterocycles. The van der Waals surface area contributed by atoms with Crippen LogP contribution in [-0.2, 0) is 19.1 Å². The molecule has 4 N–H and O–H groups in total. The lowest BCUT2D eigenvalue weighted by Crippen LogP contribution is -2.51. The average Bonchev–Trinajstić information content (AvgIpc) is 4.17. The van der Waals surface area contributed by atoms with Crippen LogP contribution >= 0.6 is 0 Å². The number of nitrogens with one attached hydrogen (secondary N) is 4. The zero-order chi connectivity index (χ0) is 43.5. The highest BCUT2D eigenvalue weighted by atomic mass is 16.5. The number of carbonyl (C=O) groups excluding carboxylic acids is 4. The molecule has 3 fully saturated rings. The number of alkyl carbamates (subject to hydrolysis) is 1. The number of ether oxygens (including phenoxy) is 1. The van der Waals surface area contributed by atoms with Crippen LogP contribution in [0, 0.1) is 11.8 Å². The van der Waals surface area contributed by atoms with Gasteiger partial charge in [0.1, 0.15) is 23.7 Å². The van der Waals surface area contributed by atoms with Crippen LogP contribution in [0.25, 0.3) is 54.7 Å². The lowest BCUT2D eigenvalue weighted by atomic mass is 9.96. The maximum Gasteiger partial charge on any atom is 0.407 e. The van der Waals surface area contributed by atoms with Gasteiger partial charge in [0.15, 0.2) is 0 Å². The summed E-state index contributed by atoms with van der Waals surface area (Å²) < 4.78 is 4.80. The van der Waals surface area contributed by atoms with Crippen molar-refractivity contribution in [1.29, 1.82) is 0 Å². The van der Waals surface area contributed by atoms with Crippen molar-refractivity contribution in [1.82, 2.24) is 40.4 Å². The molecule has 2 aromatic heterocycles. The van der Waals surface area contributed by atoms with Crippen LogP contribution in [0.2, 0.25) is 0 Å². The van der Waals surface area contributed by atoms with Gasteiger partial charge in [-0.25, -0.2) is 14.8 Å². The van der Waals surface area contributed by atoms with Gasteiger partial charge in [0.05, 0.1) is 41.3 Å². The molecule has 1 unspecified atom stereocenters. The molecule has 2 aliphatic heterocycles. The maximum atomic E-state index is 14.5. The summed E-state index contributed by atoms with van der Waals surface area (Å²) in [5.41, 5.74) is 6.49. The fourth-order valence-corrected chi connectivity index (χ4v) is 10.5. The van der Waals surface area contributed by atoms with Crippen LogP contribution in [0.15, 0.2) is 91.0 Å². The minimum atomic E-state index is -0.760. The summed E-state index contributed by atoms with van der Waals surface area (Å²) in [7, 11) is 1.30. The summed E-state index contributed by atoms with van der Waals surface area (Å²) in [5.74, 6) is 1.33. The van der Waals surface area contributed by atoms with E-state index in [1.807, 2.05) is 54.0 Å². The predicted octanol–water partition coefficient (Wildman–Crippen LogP) is 8.78. The molecule has 322 valence electrons. The predicted molar refractivity (Wildman–Crippen MR) is 242 cm³/mol. The largest absolute Gasteiger partial charge is 0.453 e. The molecule has 4 amide bonds. The molecule has 6 atom stereocenters. The van der Waals surface area contributed by atoms with E-state index < -0.39 is 18.2 Å². The highest BCUT2D eigenvalue weighted by molar-refractivity contribution is 6.07. The van der Waals surface area contributed by atoms with Crippen molar-refractivity contribution < 1.29 is 23.9 Å². The van der Waals surface area contributed by atoms with Crippen molar-refractivity contribution in [2.45, 2.75) is 89.5 Å². The Morgan fingerprint density at radius 3 is 2.06 bits per heavy atom. The quantitative estimate of drug-likeness (QED) is 0.107. The number of aromatic nitrogens is 4. The Morgan fingerprint density at radius 1 is 0.778 bits per heavy atom. The molecule has 13 heteroatoms. The lowest BCUT2D eigenvalue weighted by Gasteiger charge is -2.36. The average molecular weight is 845 g/mol. The van der Waals surface area contributed by atoms with Crippen molar-refractivity contribution in [3.8, 4) is 11.1 Å². The Kier molecular flexibility index (Phi) is 10.4. The number of hydrogen-bond donors (Lipinski definition) is 4. The second-order valence-corrected chi connectivity index (χ2v) is 17.8. The van der Waals surface area contributed by atoms with Gasteiger partial charge in [-0.1, -0.05) is 87.5 Å². The number of methoxy groups -OCH3 is 1. The number of fused-ring (bicyclic) bond motifs is 8. The monoisotopic (exact) mass is 844 g/mol. The zero-order valence-electron chi connectivity index (χ0n) is 36.0. The van der Waals surface area contributed by atoms with Crippen LogP contribution < -0.4 is 10.6 Å². The SMILES string of the molecule is CCC(=O)N[C@@H](C(=O)N1[C@@H]2CC[C@@H](C2)[C@H]1c1nc2c(ccc3cc(-c4ccc5c(ccc6[nH]c([C@@H]7CCCN7C(=O)C(NC(=O)OC)C(C)C)nc65)c4)ccc32)[nH]1)c1ccccc1. The summed E-state index contributed by atoms with van der Waals surface area (Å²) in [6, 6.07) is 29.0. The third kappa shape index (κ3) is 7.13. The molecule has 10 rings (SSSR count). The normalized spacial score (nSPS) is 20.6. The molecular formula is C50H52N8O5. The van der Waals surface area contributed by atoms with Gasteiger partial charge in [-0.2, -0.15) is 0 Å². The Balaban J connectivity index is 0.925. The first-order valence-corrected chi connectivity index (χ1v) is 22.3. The van der Waals surface area contributed by atoms with E-state index in [2.05, 4.69) is 81.3 Å². The molecule has 5 aromatic carbocycles. The van der Waals surface area contributed by atoms with Crippen molar-refractivity contribution >= 4 is 67.4 Å². The first-order chi connectivity index (χ1) is 30.6. The fraction of sp³-hybridized carbons (Fsp3) is 0.360. The van der Waals surface area contributed by atoms with Gasteiger partial charge < -0.3 is 35.1 Å². The smallest absolute Gasteiger partial charge is 0.407 e. The molecule has 7 aromatic rings. The number of imidazole rings is 2. The second kappa shape index (κ2) is 16.2. The summed E-state index contributed by atoms with van der Waals surface area (Å²) >= 11 is 0. The van der Waals surface area contributed by atoms with Gasteiger partial charge >= 0.3 is 6.09 Å². The van der Waals surface area contributed by atoms with Gasteiger partial charge in [-0.3, -0.25) is 14.4 Å². The Labute approximate surface area is 365 Å². The molecule has 3 aliphatic rings. The highest BCUT2D eigenvalue weighted by Gasteiger charge is 2.51. The second-order valence-electron chi connectivity index (χ2n) is 17.8. The molecular weight excluding hydrogens is 793 g/mol. The Bertz CT molecular complexity index is 2920. The molecule has 1 saturated carbocycles. The van der Waals surface area contributed by atoms with Crippen molar-refractivity contribution in [3.63, 3.8) is 0 Å². The number of nitrogens with zero attached hydrogens (tertiary/aromatic N) is 4. The number of H-pyrrole nitrogens is 2. The molecule has 0 spiro atoms. The topological polar surface area (TPSA) is 165 Å². The summed E-state index contributed by atoms with van der Waals surface area (Å²) in [6.07, 6.45) is 4.21. The van der Waals surface area contributed by atoms with E-state index in [4.69, 9.17) is 14.7 Å². The zero-order valence-corrected chi connectivity index (χ0v) is 36.0. The molecule has 63 heavy (non-hydrogen) atoms. The minimum absolute atomic E-state index is 0.0856. The van der Waals surface area contributed by atoms with E-state index in [1.165, 1.54) is 7.11 Å². The first kappa shape index (κ1) is 40.3. The van der Waals surface area contributed by atoms with E-state index in [-0.39, 0.29) is 41.8 Å². The summed E-state index contributed by atoms with van der Waals surface area (Å²) in [4.78, 5) is 74.4. The van der Waals surface area contributed by atoms with Crippen LogP contribution in [0.4, 0.5) is 4.79 Å². The van der Waals surface area contributed by atoms with E-state index in [9.17, 15) is 19.2 Å². The van der Waals surface area contributed by atoms with Crippen molar-refractivity contribution in [3.05, 3.63) is 108 Å². The van der Waals surface area contributed by atoms with Crippen LogP contribution in [0.1, 0.15) is 94.6 Å². The number of benzene rings is 5. The lowest BCUT2D eigenvalue weighted by molar-refractivity contribution is -0.140. The van der Waals surface area contributed by atoms with E-state index in [1.54, 1.807) is 6.92 Å². The van der Waals surface area contributed by atoms with Crippen LogP contribution in [-0.4, -0.2) is 79.3 Å². The van der Waals surface area contributed by atoms with E-state index in [0.29, 0.717) is 18.9 Å². The van der Waals surface area contributed by atoms with E-state index >= 15 is 0 Å². The number of piperidine rings is 1. The van der Waals surface area contributed by atoms with Gasteiger partial charge in [0.25, 0.3) is 5.91 Å². The highest BCUT2D eigenvalue weighted by Crippen LogP contribution is 2.51. The molecule has 4 heterocycles. The number of amides is 4. The number of aromatic amines is 2. The Hall–Kier alpha value is -6.76. The number of likely N-dealkylation sites (tertiary alicyclic amines) is 2. The molecule has 2 bridgehead atoms. The van der Waals surface area contributed by atoms with Crippen LogP contribution in [0.5, 0.6) is 0 Å². The molecule has 1 aliphatic carbocycles. The van der Waals surface area contributed by atoms with Gasteiger partial charge in [-0.05, 0) is 95.7 Å². The van der Waals surface area contributed by atoms with Crippen LogP contribution in [0.3, 0.4) is 0 Å². The van der Waals surface area contributed by atoms with E-state index in [0.717, 1.165) is 104 Å². The molecule has 0 radical (unpaired) electrons. The number of hydrogen-bond acceptors (Lipinski definition) is 7. The van der Waals surface area contributed by atoms with Gasteiger partial charge in [0.2, 0.25) is 11.8 Å². The van der Waals surface area contributed by atoms with Crippen molar-refractivity contribution in [2.75, 3.05) is 13.7 Å².